The maximum Gasteiger partial charge on any atom is 0.139 e. The van der Waals surface area contributed by atoms with E-state index in [-0.39, 0.29) is 6.04 Å². The van der Waals surface area contributed by atoms with Crippen molar-refractivity contribution in [1.82, 2.24) is 9.55 Å². The minimum Gasteiger partial charge on any atom is -0.385 e. The summed E-state index contributed by atoms with van der Waals surface area (Å²) in [7, 11) is 0. The Morgan fingerprint density at radius 3 is 2.30 bits per heavy atom. The molecule has 102 valence electrons. The van der Waals surface area contributed by atoms with E-state index in [1.807, 2.05) is 42.5 Å². The van der Waals surface area contributed by atoms with Gasteiger partial charge >= 0.3 is 0 Å². The second-order valence-corrected chi connectivity index (χ2v) is 5.09. The van der Waals surface area contributed by atoms with Crippen molar-refractivity contribution in [3.63, 3.8) is 0 Å². The Morgan fingerprint density at radius 1 is 0.950 bits per heavy atom. The molecule has 2 aromatic carbocycles. The molecule has 20 heavy (non-hydrogen) atoms. The van der Waals surface area contributed by atoms with Crippen molar-refractivity contribution in [2.45, 2.75) is 26.0 Å². The summed E-state index contributed by atoms with van der Waals surface area (Å²) < 4.78 is 2.12. The van der Waals surface area contributed by atoms with Crippen LogP contribution >= 0.6 is 0 Å². The van der Waals surface area contributed by atoms with E-state index in [0.29, 0.717) is 5.82 Å². The summed E-state index contributed by atoms with van der Waals surface area (Å²) in [6.45, 7) is 3.89. The zero-order chi connectivity index (χ0) is 14.1. The number of aliphatic hydroxyl groups is 1. The molecule has 0 fully saturated rings. The maximum atomic E-state index is 10.0. The van der Waals surface area contributed by atoms with Crippen LogP contribution in [0.5, 0.6) is 0 Å². The van der Waals surface area contributed by atoms with Gasteiger partial charge in [0.25, 0.3) is 0 Å². The molecule has 3 heteroatoms. The van der Waals surface area contributed by atoms with Crippen molar-refractivity contribution in [3.05, 3.63) is 66.0 Å². The van der Waals surface area contributed by atoms with Gasteiger partial charge in [-0.3, -0.25) is 0 Å². The van der Waals surface area contributed by atoms with Gasteiger partial charge in [0.1, 0.15) is 11.9 Å². The largest absolute Gasteiger partial charge is 0.385 e. The monoisotopic (exact) mass is 266 g/mol. The van der Waals surface area contributed by atoms with Crippen LogP contribution in [-0.2, 0) is 0 Å². The van der Waals surface area contributed by atoms with Crippen molar-refractivity contribution < 1.29 is 5.11 Å². The minimum atomic E-state index is -0.589. The molecule has 3 aromatic rings. The molecule has 1 heterocycles. The highest BCUT2D eigenvalue weighted by molar-refractivity contribution is 5.76. The quantitative estimate of drug-likeness (QED) is 0.785. The van der Waals surface area contributed by atoms with Crippen molar-refractivity contribution >= 4 is 11.0 Å². The molecule has 0 aliphatic rings. The van der Waals surface area contributed by atoms with Crippen molar-refractivity contribution in [1.29, 1.82) is 0 Å². The number of aliphatic hydroxyl groups excluding tert-OH is 1. The Balaban J connectivity index is 2.21. The van der Waals surface area contributed by atoms with Gasteiger partial charge in [0.15, 0.2) is 0 Å². The fraction of sp³-hybridized carbons (Fsp3) is 0.235. The molecule has 3 rings (SSSR count). The molecule has 0 aliphatic carbocycles. The summed E-state index contributed by atoms with van der Waals surface area (Å²) in [5.41, 5.74) is 3.18. The third kappa shape index (κ3) is 2.10. The highest BCUT2D eigenvalue weighted by atomic mass is 16.3. The lowest BCUT2D eigenvalue weighted by molar-refractivity contribution is 0.183. The van der Waals surface area contributed by atoms with Crippen LogP contribution in [0.3, 0.4) is 0 Å². The first-order valence-corrected chi connectivity index (χ1v) is 6.88. The number of hydrogen-bond donors (Lipinski definition) is 1. The van der Waals surface area contributed by atoms with Gasteiger partial charge < -0.3 is 9.67 Å². The summed E-state index contributed by atoms with van der Waals surface area (Å²) in [4.78, 5) is 4.57. The first kappa shape index (κ1) is 12.9. The van der Waals surface area contributed by atoms with Crippen LogP contribution in [0.2, 0.25) is 0 Å². The zero-order valence-corrected chi connectivity index (χ0v) is 11.7. The van der Waals surface area contributed by atoms with Crippen LogP contribution in [-0.4, -0.2) is 14.7 Å². The molecule has 0 amide bonds. The zero-order valence-electron chi connectivity index (χ0n) is 11.7. The van der Waals surface area contributed by atoms with Crippen LogP contribution in [0.25, 0.3) is 11.0 Å². The van der Waals surface area contributed by atoms with E-state index in [1.165, 1.54) is 5.56 Å². The molecule has 0 bridgehead atoms. The van der Waals surface area contributed by atoms with E-state index in [1.54, 1.807) is 6.92 Å². The summed E-state index contributed by atoms with van der Waals surface area (Å²) >= 11 is 0. The third-order valence-corrected chi connectivity index (χ3v) is 3.67. The van der Waals surface area contributed by atoms with Gasteiger partial charge in [-0.05, 0) is 31.5 Å². The standard InChI is InChI=1S/C17H18N2O/c1-12(14-8-4-3-5-9-14)19-16-11-7-6-10-15(16)18-17(19)13(2)20/h3-13,20H,1-2H3/t12-,13+/m1/s1. The summed E-state index contributed by atoms with van der Waals surface area (Å²) in [6, 6.07) is 18.4. The molecular formula is C17H18N2O. The molecule has 0 saturated carbocycles. The average Bonchev–Trinajstić information content (AvgIpc) is 2.87. The fourth-order valence-corrected chi connectivity index (χ4v) is 2.65. The Hall–Kier alpha value is -2.13. The fourth-order valence-electron chi connectivity index (χ4n) is 2.65. The number of para-hydroxylation sites is 2. The summed E-state index contributed by atoms with van der Waals surface area (Å²) in [5, 5.41) is 10.0. The lowest BCUT2D eigenvalue weighted by Crippen LogP contribution is -2.12. The topological polar surface area (TPSA) is 38.1 Å². The molecule has 3 nitrogen and oxygen atoms in total. The number of aromatic nitrogens is 2. The molecule has 0 unspecified atom stereocenters. The lowest BCUT2D eigenvalue weighted by Gasteiger charge is -2.19. The SMILES string of the molecule is C[C@H](O)c1nc2ccccc2n1[C@H](C)c1ccccc1. The van der Waals surface area contributed by atoms with Crippen molar-refractivity contribution in [2.24, 2.45) is 0 Å². The second-order valence-electron chi connectivity index (χ2n) is 5.09. The van der Waals surface area contributed by atoms with Crippen molar-refractivity contribution in [3.8, 4) is 0 Å². The summed E-state index contributed by atoms with van der Waals surface area (Å²) in [5.74, 6) is 0.711. The van der Waals surface area contributed by atoms with Crippen LogP contribution < -0.4 is 0 Å². The Morgan fingerprint density at radius 2 is 1.60 bits per heavy atom. The lowest BCUT2D eigenvalue weighted by atomic mass is 10.1. The van der Waals surface area contributed by atoms with Crippen LogP contribution in [0.1, 0.15) is 37.4 Å². The Labute approximate surface area is 118 Å². The number of imidazole rings is 1. The van der Waals surface area contributed by atoms with E-state index >= 15 is 0 Å². The van der Waals surface area contributed by atoms with E-state index < -0.39 is 6.10 Å². The minimum absolute atomic E-state index is 0.133. The smallest absolute Gasteiger partial charge is 0.139 e. The molecule has 1 N–H and O–H groups in total. The first-order chi connectivity index (χ1) is 9.68. The molecule has 0 spiro atoms. The normalized spacial score (nSPS) is 14.3. The van der Waals surface area contributed by atoms with E-state index in [4.69, 9.17) is 0 Å². The van der Waals surface area contributed by atoms with Gasteiger partial charge in [-0.25, -0.2) is 4.98 Å². The van der Waals surface area contributed by atoms with Gasteiger partial charge in [0.05, 0.1) is 17.1 Å². The first-order valence-electron chi connectivity index (χ1n) is 6.88. The van der Waals surface area contributed by atoms with E-state index in [2.05, 4.69) is 28.6 Å². The number of benzene rings is 2. The van der Waals surface area contributed by atoms with Gasteiger partial charge in [0.2, 0.25) is 0 Å². The summed E-state index contributed by atoms with van der Waals surface area (Å²) in [6.07, 6.45) is -0.589. The van der Waals surface area contributed by atoms with Crippen molar-refractivity contribution in [2.75, 3.05) is 0 Å². The van der Waals surface area contributed by atoms with Gasteiger partial charge in [-0.15, -0.1) is 0 Å². The second kappa shape index (κ2) is 5.10. The molecule has 1 aromatic heterocycles. The highest BCUT2D eigenvalue weighted by Gasteiger charge is 2.19. The number of nitrogens with zero attached hydrogens (tertiary/aromatic N) is 2. The average molecular weight is 266 g/mol. The Bertz CT molecular complexity index is 716. The molecule has 0 saturated heterocycles. The molecule has 0 radical (unpaired) electrons. The van der Waals surface area contributed by atoms with E-state index in [9.17, 15) is 5.11 Å². The van der Waals surface area contributed by atoms with Crippen LogP contribution in [0.4, 0.5) is 0 Å². The van der Waals surface area contributed by atoms with Gasteiger partial charge in [0, 0.05) is 0 Å². The Kier molecular flexibility index (Phi) is 3.28. The van der Waals surface area contributed by atoms with Gasteiger partial charge in [-0.2, -0.15) is 0 Å². The number of rotatable bonds is 3. The number of hydrogen-bond acceptors (Lipinski definition) is 2. The third-order valence-electron chi connectivity index (χ3n) is 3.67. The van der Waals surface area contributed by atoms with E-state index in [0.717, 1.165) is 11.0 Å². The predicted molar refractivity (Wildman–Crippen MR) is 80.6 cm³/mol. The molecule has 0 aliphatic heterocycles. The number of fused-ring (bicyclic) bond motifs is 1. The molecular weight excluding hydrogens is 248 g/mol. The van der Waals surface area contributed by atoms with Crippen LogP contribution in [0.15, 0.2) is 54.6 Å². The van der Waals surface area contributed by atoms with Crippen LogP contribution in [0, 0.1) is 0 Å². The maximum absolute atomic E-state index is 10.0. The highest BCUT2D eigenvalue weighted by Crippen LogP contribution is 2.28. The predicted octanol–water partition coefficient (Wildman–Crippen LogP) is 3.70. The molecule has 2 atom stereocenters. The van der Waals surface area contributed by atoms with Gasteiger partial charge in [-0.1, -0.05) is 42.5 Å².